The van der Waals surface area contributed by atoms with Crippen molar-refractivity contribution in [1.29, 1.82) is 0 Å². The monoisotopic (exact) mass is 246 g/mol. The topological polar surface area (TPSA) is 63.8 Å². The quantitative estimate of drug-likeness (QED) is 0.871. The Hall–Kier alpha value is -1.75. The predicted octanol–water partition coefficient (Wildman–Crippen LogP) is 1.67. The van der Waals surface area contributed by atoms with Gasteiger partial charge in [0.15, 0.2) is 0 Å². The van der Waals surface area contributed by atoms with E-state index in [0.717, 1.165) is 29.9 Å². The van der Waals surface area contributed by atoms with Gasteiger partial charge in [-0.05, 0) is 25.0 Å². The van der Waals surface area contributed by atoms with Crippen LogP contribution in [0.25, 0.3) is 0 Å². The summed E-state index contributed by atoms with van der Waals surface area (Å²) < 4.78 is 1.84. The minimum absolute atomic E-state index is 0.465. The van der Waals surface area contributed by atoms with Gasteiger partial charge in [0, 0.05) is 30.9 Å². The van der Waals surface area contributed by atoms with Crippen molar-refractivity contribution in [3.63, 3.8) is 0 Å². The van der Waals surface area contributed by atoms with Gasteiger partial charge in [0.1, 0.15) is 12.2 Å². The summed E-state index contributed by atoms with van der Waals surface area (Å²) in [5.41, 5.74) is 1.89. The van der Waals surface area contributed by atoms with E-state index in [4.69, 9.17) is 0 Å². The highest BCUT2D eigenvalue weighted by Crippen LogP contribution is 2.19. The third kappa shape index (κ3) is 2.73. The van der Waals surface area contributed by atoms with E-state index < -0.39 is 6.10 Å². The third-order valence-corrected chi connectivity index (χ3v) is 2.95. The summed E-state index contributed by atoms with van der Waals surface area (Å²) in [4.78, 5) is 8.25. The molecule has 0 saturated heterocycles. The zero-order valence-electron chi connectivity index (χ0n) is 10.7. The van der Waals surface area contributed by atoms with E-state index in [1.807, 2.05) is 17.7 Å². The number of rotatable bonds is 5. The molecular formula is C13H18N4O. The summed E-state index contributed by atoms with van der Waals surface area (Å²) in [5.74, 6) is 0.813. The lowest BCUT2D eigenvalue weighted by molar-refractivity contribution is 0.172. The van der Waals surface area contributed by atoms with Crippen LogP contribution >= 0.6 is 0 Å². The molecule has 1 N–H and O–H groups in total. The molecule has 0 aromatic carbocycles. The van der Waals surface area contributed by atoms with Gasteiger partial charge in [-0.15, -0.1) is 0 Å². The van der Waals surface area contributed by atoms with Crippen LogP contribution in [0, 0.1) is 6.92 Å². The first-order valence-corrected chi connectivity index (χ1v) is 6.17. The summed E-state index contributed by atoms with van der Waals surface area (Å²) in [7, 11) is 0. The Morgan fingerprint density at radius 1 is 1.44 bits per heavy atom. The second-order valence-corrected chi connectivity index (χ2v) is 4.35. The van der Waals surface area contributed by atoms with Gasteiger partial charge >= 0.3 is 0 Å². The number of aliphatic hydroxyl groups excluding tert-OH is 1. The molecular weight excluding hydrogens is 228 g/mol. The van der Waals surface area contributed by atoms with E-state index in [9.17, 15) is 5.11 Å². The highest BCUT2D eigenvalue weighted by Gasteiger charge is 2.14. The van der Waals surface area contributed by atoms with Gasteiger partial charge in [-0.3, -0.25) is 9.67 Å². The molecule has 2 aromatic heterocycles. The molecule has 2 heterocycles. The molecule has 0 amide bonds. The Balaban J connectivity index is 2.14. The van der Waals surface area contributed by atoms with Crippen molar-refractivity contribution in [2.75, 3.05) is 0 Å². The molecule has 5 nitrogen and oxygen atoms in total. The minimum atomic E-state index is -0.585. The van der Waals surface area contributed by atoms with Crippen molar-refractivity contribution in [2.45, 2.75) is 39.3 Å². The molecule has 2 aromatic rings. The number of nitrogens with zero attached hydrogens (tertiary/aromatic N) is 4. The SMILES string of the molecule is CCCn1ncnc1CC(O)c1cnccc1C. The van der Waals surface area contributed by atoms with Crippen molar-refractivity contribution in [1.82, 2.24) is 19.7 Å². The molecule has 2 rings (SSSR count). The fraction of sp³-hybridized carbons (Fsp3) is 0.462. The third-order valence-electron chi connectivity index (χ3n) is 2.95. The molecule has 1 unspecified atom stereocenters. The number of pyridine rings is 1. The lowest BCUT2D eigenvalue weighted by Crippen LogP contribution is -2.11. The second kappa shape index (κ2) is 5.73. The van der Waals surface area contributed by atoms with Crippen LogP contribution in [-0.4, -0.2) is 24.9 Å². The molecule has 0 radical (unpaired) electrons. The number of aryl methyl sites for hydroxylation is 2. The van der Waals surface area contributed by atoms with Crippen LogP contribution in [0.1, 0.15) is 36.4 Å². The van der Waals surface area contributed by atoms with Crippen molar-refractivity contribution < 1.29 is 5.11 Å². The van der Waals surface area contributed by atoms with Gasteiger partial charge in [-0.2, -0.15) is 5.10 Å². The van der Waals surface area contributed by atoms with E-state index in [1.54, 1.807) is 12.4 Å². The Morgan fingerprint density at radius 2 is 2.28 bits per heavy atom. The summed E-state index contributed by atoms with van der Waals surface area (Å²) in [6.45, 7) is 4.89. The lowest BCUT2D eigenvalue weighted by atomic mass is 10.0. The van der Waals surface area contributed by atoms with E-state index >= 15 is 0 Å². The molecule has 0 aliphatic rings. The van der Waals surface area contributed by atoms with Gasteiger partial charge in [0.25, 0.3) is 0 Å². The molecule has 0 aliphatic heterocycles. The first-order valence-electron chi connectivity index (χ1n) is 6.17. The molecule has 0 bridgehead atoms. The van der Waals surface area contributed by atoms with E-state index in [1.165, 1.54) is 6.33 Å². The van der Waals surface area contributed by atoms with Crippen LogP contribution in [0.3, 0.4) is 0 Å². The Kier molecular flexibility index (Phi) is 4.04. The largest absolute Gasteiger partial charge is 0.388 e. The van der Waals surface area contributed by atoms with Crippen LogP contribution in [0.5, 0.6) is 0 Å². The average Bonchev–Trinajstić information content (AvgIpc) is 2.78. The molecule has 0 fully saturated rings. The average molecular weight is 246 g/mol. The van der Waals surface area contributed by atoms with Crippen LogP contribution in [-0.2, 0) is 13.0 Å². The molecule has 5 heteroatoms. The van der Waals surface area contributed by atoms with E-state index in [-0.39, 0.29) is 0 Å². The van der Waals surface area contributed by atoms with Gasteiger partial charge in [-0.1, -0.05) is 6.92 Å². The Bertz CT molecular complexity index is 509. The fourth-order valence-electron chi connectivity index (χ4n) is 1.95. The Labute approximate surface area is 107 Å². The number of hydrogen-bond acceptors (Lipinski definition) is 4. The summed E-state index contributed by atoms with van der Waals surface area (Å²) in [6, 6.07) is 1.90. The first kappa shape index (κ1) is 12.7. The van der Waals surface area contributed by atoms with Crippen molar-refractivity contribution in [3.8, 4) is 0 Å². The van der Waals surface area contributed by atoms with Gasteiger partial charge < -0.3 is 5.11 Å². The predicted molar refractivity (Wildman–Crippen MR) is 68.0 cm³/mol. The van der Waals surface area contributed by atoms with Crippen LogP contribution in [0.4, 0.5) is 0 Å². The minimum Gasteiger partial charge on any atom is -0.388 e. The second-order valence-electron chi connectivity index (χ2n) is 4.35. The molecule has 96 valence electrons. The maximum Gasteiger partial charge on any atom is 0.138 e. The van der Waals surface area contributed by atoms with Crippen LogP contribution in [0.15, 0.2) is 24.8 Å². The number of aliphatic hydroxyl groups is 1. The fourth-order valence-corrected chi connectivity index (χ4v) is 1.95. The first-order chi connectivity index (χ1) is 8.72. The molecule has 0 spiro atoms. The Morgan fingerprint density at radius 3 is 3.00 bits per heavy atom. The van der Waals surface area contributed by atoms with Crippen molar-refractivity contribution in [3.05, 3.63) is 41.7 Å². The molecule has 0 aliphatic carbocycles. The zero-order chi connectivity index (χ0) is 13.0. The highest BCUT2D eigenvalue weighted by molar-refractivity contribution is 5.24. The number of aromatic nitrogens is 4. The highest BCUT2D eigenvalue weighted by atomic mass is 16.3. The normalized spacial score (nSPS) is 12.6. The maximum atomic E-state index is 10.2. The van der Waals surface area contributed by atoms with E-state index in [0.29, 0.717) is 6.42 Å². The zero-order valence-corrected chi connectivity index (χ0v) is 10.7. The van der Waals surface area contributed by atoms with E-state index in [2.05, 4.69) is 22.0 Å². The van der Waals surface area contributed by atoms with Crippen molar-refractivity contribution in [2.24, 2.45) is 0 Å². The molecule has 18 heavy (non-hydrogen) atoms. The van der Waals surface area contributed by atoms with Gasteiger partial charge in [0.2, 0.25) is 0 Å². The summed E-state index contributed by atoms with van der Waals surface area (Å²) in [5, 5.41) is 14.4. The van der Waals surface area contributed by atoms with Gasteiger partial charge in [0.05, 0.1) is 6.10 Å². The smallest absolute Gasteiger partial charge is 0.138 e. The summed E-state index contributed by atoms with van der Waals surface area (Å²) in [6.07, 6.45) is 5.85. The molecule has 0 saturated carbocycles. The standard InChI is InChI=1S/C13H18N4O/c1-3-6-17-13(15-9-16-17)7-12(18)11-8-14-5-4-10(11)2/h4-5,8-9,12,18H,3,6-7H2,1-2H3. The maximum absolute atomic E-state index is 10.2. The lowest BCUT2D eigenvalue weighted by Gasteiger charge is -2.13. The number of hydrogen-bond donors (Lipinski definition) is 1. The van der Waals surface area contributed by atoms with Crippen LogP contribution in [0.2, 0.25) is 0 Å². The van der Waals surface area contributed by atoms with Crippen molar-refractivity contribution >= 4 is 0 Å². The van der Waals surface area contributed by atoms with Crippen LogP contribution < -0.4 is 0 Å². The summed E-state index contributed by atoms with van der Waals surface area (Å²) >= 11 is 0. The molecule has 1 atom stereocenters. The van der Waals surface area contributed by atoms with Gasteiger partial charge in [-0.25, -0.2) is 4.98 Å².